The normalized spacial score (nSPS) is 16.2. The van der Waals surface area contributed by atoms with Gasteiger partial charge in [0.15, 0.2) is 0 Å². The van der Waals surface area contributed by atoms with Crippen molar-refractivity contribution in [2.45, 2.75) is 94.8 Å². The van der Waals surface area contributed by atoms with E-state index in [1.165, 1.54) is 0 Å². The van der Waals surface area contributed by atoms with Gasteiger partial charge in [-0.15, -0.1) is 0 Å². The van der Waals surface area contributed by atoms with Crippen molar-refractivity contribution in [1.29, 1.82) is 10.5 Å². The Balaban J connectivity index is 1.20. The van der Waals surface area contributed by atoms with Gasteiger partial charge < -0.3 is 28.8 Å². The Morgan fingerprint density at radius 3 is 1.93 bits per heavy atom. The van der Waals surface area contributed by atoms with Crippen LogP contribution in [0.15, 0.2) is 62.6 Å². The molecule has 0 unspecified atom stereocenters. The average Bonchev–Trinajstić information content (AvgIpc) is 3.63. The third kappa shape index (κ3) is 12.6. The first-order valence-corrected chi connectivity index (χ1v) is 20.0. The van der Waals surface area contributed by atoms with E-state index in [0.29, 0.717) is 57.4 Å². The van der Waals surface area contributed by atoms with Crippen LogP contribution < -0.4 is 9.47 Å². The molecule has 1 fully saturated rings. The summed E-state index contributed by atoms with van der Waals surface area (Å²) in [7, 11) is 0. The van der Waals surface area contributed by atoms with E-state index in [1.54, 1.807) is 44.2 Å². The Hall–Kier alpha value is -5.25. The molecule has 1 aliphatic carbocycles. The van der Waals surface area contributed by atoms with Gasteiger partial charge in [0.1, 0.15) is 35.0 Å². The fraction of sp³-hybridized carbons (Fsp3) is 0.452. The number of ether oxygens (including phenoxy) is 5. The second-order valence-electron chi connectivity index (χ2n) is 15.4. The third-order valence-corrected chi connectivity index (χ3v) is 11.7. The van der Waals surface area contributed by atoms with Gasteiger partial charge in [-0.1, -0.05) is 76.9 Å². The van der Waals surface area contributed by atoms with Gasteiger partial charge in [0, 0.05) is 23.5 Å². The minimum atomic E-state index is -0.606. The highest BCUT2D eigenvalue weighted by atomic mass is 32.2. The van der Waals surface area contributed by atoms with Gasteiger partial charge in [0.25, 0.3) is 0 Å². The fourth-order valence-corrected chi connectivity index (χ4v) is 8.29. The maximum atomic E-state index is 13.4. The highest BCUT2D eigenvalue weighted by Gasteiger charge is 2.36. The molecule has 1 heterocycles. The third-order valence-electron chi connectivity index (χ3n) is 9.13. The SMILES string of the molecule is C=CC(=O)OCC(C)(C)COC(=O)CCC(=O)OCCc1ccc(OC(=O)C2CCC(C(=O)Oc3cc(C(C)(C)C)c(O)c4c3SC(=C(C#N)C#N)S4)CC2)cc1. The fourth-order valence-electron chi connectivity index (χ4n) is 5.82. The summed E-state index contributed by atoms with van der Waals surface area (Å²) in [4.78, 5) is 62.8. The van der Waals surface area contributed by atoms with E-state index >= 15 is 0 Å². The number of nitriles is 2. The largest absolute Gasteiger partial charge is 0.506 e. The maximum absolute atomic E-state index is 13.4. The van der Waals surface area contributed by atoms with E-state index in [1.807, 2.05) is 32.9 Å². The highest BCUT2D eigenvalue weighted by Crippen LogP contribution is 2.60. The lowest BCUT2D eigenvalue weighted by Crippen LogP contribution is -2.30. The molecular formula is C42H46N2O11S2. The van der Waals surface area contributed by atoms with E-state index in [2.05, 4.69) is 6.58 Å². The molecule has 1 saturated carbocycles. The number of hydrogen-bond donors (Lipinski definition) is 1. The minimum absolute atomic E-state index is 0.00911. The molecule has 13 nitrogen and oxygen atoms in total. The quantitative estimate of drug-likeness (QED) is 0.0604. The van der Waals surface area contributed by atoms with Crippen molar-refractivity contribution in [3.05, 3.63) is 63.9 Å². The molecule has 302 valence electrons. The highest BCUT2D eigenvalue weighted by molar-refractivity contribution is 8.24. The number of phenols is 1. The Bertz CT molecular complexity index is 1980. The van der Waals surface area contributed by atoms with Crippen molar-refractivity contribution < 1.29 is 52.8 Å². The van der Waals surface area contributed by atoms with Crippen molar-refractivity contribution in [3.63, 3.8) is 0 Å². The van der Waals surface area contributed by atoms with E-state index in [9.17, 15) is 39.6 Å². The van der Waals surface area contributed by atoms with Gasteiger partial charge in [-0.3, -0.25) is 19.2 Å². The number of carbonyl (C=O) groups excluding carboxylic acids is 5. The van der Waals surface area contributed by atoms with Crippen LogP contribution in [0.1, 0.15) is 84.3 Å². The maximum Gasteiger partial charge on any atom is 0.330 e. The smallest absolute Gasteiger partial charge is 0.330 e. The predicted molar refractivity (Wildman–Crippen MR) is 210 cm³/mol. The number of allylic oxidation sites excluding steroid dienone is 1. The van der Waals surface area contributed by atoms with Crippen LogP contribution in [0.25, 0.3) is 0 Å². The molecule has 0 spiro atoms. The zero-order chi connectivity index (χ0) is 41.9. The summed E-state index contributed by atoms with van der Waals surface area (Å²) >= 11 is 2.22. The van der Waals surface area contributed by atoms with E-state index in [4.69, 9.17) is 23.7 Å². The molecular weight excluding hydrogens is 773 g/mol. The molecule has 1 aliphatic heterocycles. The lowest BCUT2D eigenvalue weighted by molar-refractivity contribution is -0.154. The van der Waals surface area contributed by atoms with Crippen molar-refractivity contribution in [2.75, 3.05) is 19.8 Å². The number of esters is 5. The van der Waals surface area contributed by atoms with Crippen LogP contribution in [0.2, 0.25) is 0 Å². The van der Waals surface area contributed by atoms with Crippen LogP contribution in [0, 0.1) is 39.9 Å². The number of phenolic OH excluding ortho intramolecular Hbond substituents is 1. The van der Waals surface area contributed by atoms with Gasteiger partial charge in [-0.2, -0.15) is 10.5 Å². The molecule has 57 heavy (non-hydrogen) atoms. The molecule has 0 bridgehead atoms. The number of hydrogen-bond acceptors (Lipinski definition) is 15. The van der Waals surface area contributed by atoms with Crippen molar-refractivity contribution >= 4 is 53.4 Å². The molecule has 15 heteroatoms. The first-order chi connectivity index (χ1) is 26.9. The van der Waals surface area contributed by atoms with Gasteiger partial charge in [-0.05, 0) is 54.9 Å². The van der Waals surface area contributed by atoms with Gasteiger partial charge in [-0.25, -0.2) is 4.79 Å². The summed E-state index contributed by atoms with van der Waals surface area (Å²) < 4.78 is 27.4. The number of aromatic hydroxyl groups is 1. The van der Waals surface area contributed by atoms with E-state index < -0.39 is 52.5 Å². The zero-order valence-corrected chi connectivity index (χ0v) is 34.3. The number of rotatable bonds is 15. The Labute approximate surface area is 340 Å². The van der Waals surface area contributed by atoms with Crippen LogP contribution in [0.3, 0.4) is 0 Å². The molecule has 0 radical (unpaired) electrons. The summed E-state index contributed by atoms with van der Waals surface area (Å²) in [6.45, 7) is 12.8. The summed E-state index contributed by atoms with van der Waals surface area (Å²) in [5.41, 5.74) is 0.218. The van der Waals surface area contributed by atoms with Crippen molar-refractivity contribution in [2.24, 2.45) is 17.3 Å². The van der Waals surface area contributed by atoms with Crippen LogP contribution >= 0.6 is 23.5 Å². The molecule has 4 rings (SSSR count). The predicted octanol–water partition coefficient (Wildman–Crippen LogP) is 7.63. The minimum Gasteiger partial charge on any atom is -0.506 e. The van der Waals surface area contributed by atoms with Crippen molar-refractivity contribution in [1.82, 2.24) is 0 Å². The number of carbonyl (C=O) groups is 5. The van der Waals surface area contributed by atoms with Gasteiger partial charge in [0.2, 0.25) is 0 Å². The summed E-state index contributed by atoms with van der Waals surface area (Å²) in [5, 5.41) is 29.9. The van der Waals surface area contributed by atoms with Gasteiger partial charge in [0.05, 0.1) is 58.5 Å². The van der Waals surface area contributed by atoms with Crippen LogP contribution in [0.4, 0.5) is 0 Å². The molecule has 0 aromatic heterocycles. The second-order valence-corrected chi connectivity index (χ2v) is 17.7. The topological polar surface area (TPSA) is 199 Å². The monoisotopic (exact) mass is 818 g/mol. The lowest BCUT2D eigenvalue weighted by atomic mass is 9.82. The summed E-state index contributed by atoms with van der Waals surface area (Å²) in [6.07, 6.45) is 2.84. The molecule has 2 aliphatic rings. The van der Waals surface area contributed by atoms with Crippen LogP contribution in [0.5, 0.6) is 17.2 Å². The molecule has 0 atom stereocenters. The molecule has 1 N–H and O–H groups in total. The molecule has 0 amide bonds. The zero-order valence-electron chi connectivity index (χ0n) is 32.6. The summed E-state index contributed by atoms with van der Waals surface area (Å²) in [5.74, 6) is -2.76. The van der Waals surface area contributed by atoms with Crippen molar-refractivity contribution in [3.8, 4) is 29.4 Å². The first kappa shape index (κ1) is 44.5. The van der Waals surface area contributed by atoms with E-state index in [0.717, 1.165) is 35.2 Å². The number of thioether (sulfide) groups is 2. The number of benzene rings is 2. The Morgan fingerprint density at radius 2 is 1.37 bits per heavy atom. The first-order valence-electron chi connectivity index (χ1n) is 18.4. The standard InChI is InChI=1S/C42H46N2O11S2/c1-7-32(45)52-23-42(5,6)24-53-34(47)17-16-33(46)51-19-18-25-8-14-29(15-9-25)54-38(49)26-10-12-27(13-11-26)39(50)55-31-20-30(41(2,3)4)35(48)37-36(31)56-40(57-37)28(21-43)22-44/h7-9,14-15,20,26-27,48H,1,10-13,16-19,23-24H2,2-6H3. The lowest BCUT2D eigenvalue weighted by Gasteiger charge is -2.27. The molecule has 0 saturated heterocycles. The second kappa shape index (κ2) is 19.7. The molecule has 2 aromatic carbocycles. The number of fused-ring (bicyclic) bond motifs is 1. The summed E-state index contributed by atoms with van der Waals surface area (Å²) in [6, 6.07) is 12.2. The van der Waals surface area contributed by atoms with Gasteiger partial charge >= 0.3 is 29.8 Å². The van der Waals surface area contributed by atoms with Crippen LogP contribution in [-0.2, 0) is 50.0 Å². The molecule has 2 aromatic rings. The number of nitrogens with zero attached hydrogens (tertiary/aromatic N) is 2. The van der Waals surface area contributed by atoms with Crippen LogP contribution in [-0.4, -0.2) is 54.8 Å². The Morgan fingerprint density at radius 1 is 0.825 bits per heavy atom. The average molecular weight is 819 g/mol. The Kier molecular flexibility index (Phi) is 15.4. The van der Waals surface area contributed by atoms with E-state index in [-0.39, 0.29) is 49.7 Å².